The van der Waals surface area contributed by atoms with Crippen molar-refractivity contribution in [2.24, 2.45) is 0 Å². The lowest BCUT2D eigenvalue weighted by Gasteiger charge is -2.36. The van der Waals surface area contributed by atoms with E-state index in [0.29, 0.717) is 12.2 Å². The Bertz CT molecular complexity index is 373. The molecule has 1 aliphatic heterocycles. The smallest absolute Gasteiger partial charge is 0.276 e. The van der Waals surface area contributed by atoms with Crippen LogP contribution in [0.4, 0.5) is 0 Å². The topological polar surface area (TPSA) is 85.4 Å². The van der Waals surface area contributed by atoms with Crippen molar-refractivity contribution in [3.05, 3.63) is 11.9 Å². The van der Waals surface area contributed by atoms with Gasteiger partial charge in [0.1, 0.15) is 0 Å². The first-order valence-electron chi connectivity index (χ1n) is 6.18. The monoisotopic (exact) mass is 253 g/mol. The number of aromatic amines is 1. The largest absolute Gasteiger partial charge is 0.395 e. The number of rotatable bonds is 4. The van der Waals surface area contributed by atoms with E-state index in [9.17, 15) is 4.79 Å². The second kappa shape index (κ2) is 5.92. The lowest BCUT2D eigenvalue weighted by Crippen LogP contribution is -2.47. The summed E-state index contributed by atoms with van der Waals surface area (Å²) in [7, 11) is 2.08. The molecule has 1 saturated heterocycles. The van der Waals surface area contributed by atoms with Crippen molar-refractivity contribution in [1.82, 2.24) is 25.2 Å². The Kier molecular flexibility index (Phi) is 4.27. The van der Waals surface area contributed by atoms with Gasteiger partial charge in [-0.3, -0.25) is 4.79 Å². The molecule has 0 aliphatic carbocycles. The van der Waals surface area contributed by atoms with E-state index in [-0.39, 0.29) is 18.6 Å². The molecule has 7 heteroatoms. The summed E-state index contributed by atoms with van der Waals surface area (Å²) in [6, 6.07) is 0.178. The molecular weight excluding hydrogens is 234 g/mol. The summed E-state index contributed by atoms with van der Waals surface area (Å²) in [5, 5.41) is 19.0. The zero-order valence-corrected chi connectivity index (χ0v) is 10.5. The number of carbonyl (C=O) groups excluding carboxylic acids is 1. The summed E-state index contributed by atoms with van der Waals surface area (Å²) in [6.45, 7) is 2.26. The lowest BCUT2D eigenvalue weighted by atomic mass is 10.0. The fraction of sp³-hybridized carbons (Fsp3) is 0.727. The van der Waals surface area contributed by atoms with Gasteiger partial charge in [-0.25, -0.2) is 0 Å². The Balaban J connectivity index is 2.05. The van der Waals surface area contributed by atoms with Crippen LogP contribution >= 0.6 is 0 Å². The normalized spacial score (nSPS) is 17.9. The van der Waals surface area contributed by atoms with Gasteiger partial charge in [0.2, 0.25) is 0 Å². The van der Waals surface area contributed by atoms with Crippen LogP contribution in [0.3, 0.4) is 0 Å². The van der Waals surface area contributed by atoms with Crippen LogP contribution in [0, 0.1) is 0 Å². The van der Waals surface area contributed by atoms with Gasteiger partial charge < -0.3 is 14.9 Å². The summed E-state index contributed by atoms with van der Waals surface area (Å²) in [4.78, 5) is 16.2. The van der Waals surface area contributed by atoms with Crippen LogP contribution in [0.1, 0.15) is 23.3 Å². The van der Waals surface area contributed by atoms with E-state index >= 15 is 0 Å². The van der Waals surface area contributed by atoms with Crippen LogP contribution in [-0.2, 0) is 0 Å². The molecule has 2 N–H and O–H groups in total. The maximum absolute atomic E-state index is 12.3. The zero-order chi connectivity index (χ0) is 13.0. The van der Waals surface area contributed by atoms with Crippen LogP contribution in [0.2, 0.25) is 0 Å². The average molecular weight is 253 g/mol. The van der Waals surface area contributed by atoms with E-state index in [1.165, 1.54) is 6.20 Å². The Hall–Kier alpha value is -1.47. The zero-order valence-electron chi connectivity index (χ0n) is 10.5. The van der Waals surface area contributed by atoms with Gasteiger partial charge in [0.25, 0.3) is 5.91 Å². The molecule has 1 aromatic rings. The molecule has 1 aliphatic rings. The quantitative estimate of drug-likeness (QED) is 0.743. The molecule has 2 rings (SSSR count). The molecule has 0 saturated carbocycles. The number of hydrogen-bond donors (Lipinski definition) is 2. The number of aromatic nitrogens is 3. The summed E-state index contributed by atoms with van der Waals surface area (Å²) in [5.41, 5.74) is 0.308. The van der Waals surface area contributed by atoms with E-state index in [2.05, 4.69) is 27.4 Å². The maximum atomic E-state index is 12.3. The van der Waals surface area contributed by atoms with E-state index in [4.69, 9.17) is 5.11 Å². The molecule has 2 heterocycles. The first kappa shape index (κ1) is 13.0. The molecule has 0 spiro atoms. The number of hydrogen-bond acceptors (Lipinski definition) is 5. The summed E-state index contributed by atoms with van der Waals surface area (Å²) < 4.78 is 0. The van der Waals surface area contributed by atoms with Crippen molar-refractivity contribution in [2.45, 2.75) is 18.9 Å². The number of nitrogens with zero attached hydrogens (tertiary/aromatic N) is 4. The summed E-state index contributed by atoms with van der Waals surface area (Å²) >= 11 is 0. The Labute approximate surface area is 106 Å². The molecule has 100 valence electrons. The van der Waals surface area contributed by atoms with Crippen LogP contribution in [0.5, 0.6) is 0 Å². The molecule has 0 radical (unpaired) electrons. The predicted octanol–water partition coefficient (Wildman–Crippen LogP) is -0.667. The van der Waals surface area contributed by atoms with Gasteiger partial charge >= 0.3 is 0 Å². The van der Waals surface area contributed by atoms with Crippen molar-refractivity contribution in [3.63, 3.8) is 0 Å². The molecule has 7 nitrogen and oxygen atoms in total. The second-order valence-electron chi connectivity index (χ2n) is 4.61. The molecule has 0 aromatic carbocycles. The minimum absolute atomic E-state index is 0.0318. The molecule has 1 aromatic heterocycles. The average Bonchev–Trinajstić information content (AvgIpc) is 2.90. The molecule has 0 bridgehead atoms. The summed E-state index contributed by atoms with van der Waals surface area (Å²) in [5.74, 6) is -0.160. The Morgan fingerprint density at radius 3 is 2.89 bits per heavy atom. The number of piperidine rings is 1. The van der Waals surface area contributed by atoms with Crippen molar-refractivity contribution in [2.75, 3.05) is 33.3 Å². The standard InChI is InChI=1S/C11H19N5O2/c1-15-4-2-9(3-5-15)16(6-7-17)11(18)10-8-12-14-13-10/h8-9,17H,2-7H2,1H3,(H,12,13,14). The minimum atomic E-state index is -0.160. The Morgan fingerprint density at radius 1 is 1.61 bits per heavy atom. The van der Waals surface area contributed by atoms with Gasteiger partial charge in [0.05, 0.1) is 12.8 Å². The van der Waals surface area contributed by atoms with Crippen LogP contribution in [0.15, 0.2) is 6.20 Å². The lowest BCUT2D eigenvalue weighted by molar-refractivity contribution is 0.0534. The van der Waals surface area contributed by atoms with Crippen molar-refractivity contribution in [3.8, 4) is 0 Å². The number of H-pyrrole nitrogens is 1. The van der Waals surface area contributed by atoms with Gasteiger partial charge in [0.15, 0.2) is 5.69 Å². The highest BCUT2D eigenvalue weighted by Gasteiger charge is 2.28. The maximum Gasteiger partial charge on any atom is 0.276 e. The van der Waals surface area contributed by atoms with E-state index < -0.39 is 0 Å². The van der Waals surface area contributed by atoms with Crippen LogP contribution in [-0.4, -0.2) is 75.6 Å². The number of aliphatic hydroxyl groups is 1. The van der Waals surface area contributed by atoms with E-state index in [1.807, 2.05) is 0 Å². The second-order valence-corrected chi connectivity index (χ2v) is 4.61. The van der Waals surface area contributed by atoms with Gasteiger partial charge in [-0.15, -0.1) is 0 Å². The van der Waals surface area contributed by atoms with Crippen molar-refractivity contribution in [1.29, 1.82) is 0 Å². The van der Waals surface area contributed by atoms with Gasteiger partial charge in [0, 0.05) is 12.6 Å². The highest BCUT2D eigenvalue weighted by molar-refractivity contribution is 5.92. The first-order chi connectivity index (χ1) is 8.72. The molecule has 0 unspecified atom stereocenters. The van der Waals surface area contributed by atoms with Gasteiger partial charge in [-0.1, -0.05) is 0 Å². The van der Waals surface area contributed by atoms with E-state index in [1.54, 1.807) is 4.90 Å². The van der Waals surface area contributed by atoms with Gasteiger partial charge in [-0.05, 0) is 33.0 Å². The number of carbonyl (C=O) groups is 1. The molecule has 1 amide bonds. The fourth-order valence-corrected chi connectivity index (χ4v) is 2.32. The molecule has 18 heavy (non-hydrogen) atoms. The number of likely N-dealkylation sites (tertiary alicyclic amines) is 1. The molecular formula is C11H19N5O2. The first-order valence-corrected chi connectivity index (χ1v) is 6.18. The highest BCUT2D eigenvalue weighted by Crippen LogP contribution is 2.17. The van der Waals surface area contributed by atoms with Crippen LogP contribution < -0.4 is 0 Å². The van der Waals surface area contributed by atoms with Crippen LogP contribution in [0.25, 0.3) is 0 Å². The van der Waals surface area contributed by atoms with E-state index in [0.717, 1.165) is 25.9 Å². The molecule has 0 atom stereocenters. The van der Waals surface area contributed by atoms with Crippen molar-refractivity contribution >= 4 is 5.91 Å². The number of nitrogens with one attached hydrogen (secondary N) is 1. The summed E-state index contributed by atoms with van der Waals surface area (Å²) in [6.07, 6.45) is 3.28. The molecule has 1 fully saturated rings. The van der Waals surface area contributed by atoms with Gasteiger partial charge in [-0.2, -0.15) is 15.4 Å². The Morgan fingerprint density at radius 2 is 2.33 bits per heavy atom. The van der Waals surface area contributed by atoms with Crippen molar-refractivity contribution < 1.29 is 9.90 Å². The predicted molar refractivity (Wildman–Crippen MR) is 65.0 cm³/mol. The number of amides is 1. The number of aliphatic hydroxyl groups excluding tert-OH is 1. The third-order valence-corrected chi connectivity index (χ3v) is 3.36. The third kappa shape index (κ3) is 2.85. The highest BCUT2D eigenvalue weighted by atomic mass is 16.3. The SMILES string of the molecule is CN1CCC(N(CCO)C(=O)c2cn[nH]n2)CC1. The minimum Gasteiger partial charge on any atom is -0.395 e. The third-order valence-electron chi connectivity index (χ3n) is 3.36. The fourth-order valence-electron chi connectivity index (χ4n) is 2.32.